The van der Waals surface area contributed by atoms with Gasteiger partial charge in [-0.3, -0.25) is 0 Å². The minimum Gasteiger partial charge on any atom is -0.0995 e. The molecule has 0 bridgehead atoms. The molecule has 28 heavy (non-hydrogen) atoms. The first-order chi connectivity index (χ1) is 13.0. The van der Waals surface area contributed by atoms with Crippen molar-refractivity contribution in [3.8, 4) is 0 Å². The summed E-state index contributed by atoms with van der Waals surface area (Å²) in [7, 11) is 0. The number of hydrogen-bond acceptors (Lipinski definition) is 0. The summed E-state index contributed by atoms with van der Waals surface area (Å²) in [5.41, 5.74) is 6.31. The first-order valence-corrected chi connectivity index (χ1v) is 11.6. The lowest BCUT2D eigenvalue weighted by molar-refractivity contribution is 0.295. The third-order valence-electron chi connectivity index (χ3n) is 5.60. The summed E-state index contributed by atoms with van der Waals surface area (Å²) < 4.78 is 0. The quantitative estimate of drug-likeness (QED) is 0.194. The first kappa shape index (κ1) is 27.0. The number of unbranched alkanes of at least 4 members (excludes halogenated alkanes) is 1. The Morgan fingerprint density at radius 2 is 1.46 bits per heavy atom. The lowest BCUT2D eigenvalue weighted by atomic mass is 9.81. The molecule has 0 saturated carbocycles. The maximum absolute atomic E-state index is 4.33. The molecule has 0 saturated heterocycles. The highest BCUT2D eigenvalue weighted by Crippen LogP contribution is 2.31. The molecule has 0 fully saturated rings. The van der Waals surface area contributed by atoms with Crippen LogP contribution in [-0.4, -0.2) is 0 Å². The third kappa shape index (κ3) is 17.1. The molecular formula is C28H50. The molecule has 0 rings (SSSR count). The van der Waals surface area contributed by atoms with E-state index in [-0.39, 0.29) is 0 Å². The van der Waals surface area contributed by atoms with E-state index in [1.54, 1.807) is 5.57 Å². The van der Waals surface area contributed by atoms with E-state index < -0.39 is 0 Å². The summed E-state index contributed by atoms with van der Waals surface area (Å²) in [4.78, 5) is 0. The van der Waals surface area contributed by atoms with Crippen molar-refractivity contribution in [1.29, 1.82) is 0 Å². The monoisotopic (exact) mass is 386 g/mol. The molecule has 162 valence electrons. The number of allylic oxidation sites excluding steroid dienone is 7. The van der Waals surface area contributed by atoms with Crippen molar-refractivity contribution >= 4 is 0 Å². The summed E-state index contributed by atoms with van der Waals surface area (Å²) >= 11 is 0. The SMILES string of the molecule is C=C(C/C=C(\C)CCC=C(C)C)CCC(C)(C)CCCC/C(C)=C\CC(C)C. The van der Waals surface area contributed by atoms with Crippen LogP contribution in [-0.2, 0) is 0 Å². The van der Waals surface area contributed by atoms with Crippen molar-refractivity contribution in [3.05, 3.63) is 47.1 Å². The van der Waals surface area contributed by atoms with Gasteiger partial charge < -0.3 is 0 Å². The van der Waals surface area contributed by atoms with Crippen LogP contribution in [0.5, 0.6) is 0 Å². The van der Waals surface area contributed by atoms with Crippen LogP contribution in [0, 0.1) is 11.3 Å². The van der Waals surface area contributed by atoms with E-state index in [1.165, 1.54) is 61.7 Å². The number of rotatable bonds is 15. The standard InChI is InChI=1S/C28H50/c1-23(2)13-12-15-26(6)18-19-27(7)20-22-28(8,9)21-11-10-14-25(5)17-16-24(3)4/h13,17-18,24H,7,10-12,14-16,19-22H2,1-6,8-9H3/b25-17-,26-18+. The van der Waals surface area contributed by atoms with Gasteiger partial charge >= 0.3 is 0 Å². The van der Waals surface area contributed by atoms with Crippen molar-refractivity contribution in [2.45, 2.75) is 120 Å². The van der Waals surface area contributed by atoms with Crippen molar-refractivity contribution < 1.29 is 0 Å². The van der Waals surface area contributed by atoms with Gasteiger partial charge in [-0.05, 0) is 96.8 Å². The minimum absolute atomic E-state index is 0.431. The van der Waals surface area contributed by atoms with Gasteiger partial charge in [-0.1, -0.05) is 81.2 Å². The molecular weight excluding hydrogens is 336 g/mol. The van der Waals surface area contributed by atoms with Crippen molar-refractivity contribution in [2.75, 3.05) is 0 Å². The number of hydrogen-bond donors (Lipinski definition) is 0. The highest BCUT2D eigenvalue weighted by atomic mass is 14.2. The van der Waals surface area contributed by atoms with Gasteiger partial charge in [0.05, 0.1) is 0 Å². The third-order valence-corrected chi connectivity index (χ3v) is 5.60. The zero-order valence-electron chi connectivity index (χ0n) is 20.6. The van der Waals surface area contributed by atoms with Gasteiger partial charge in [-0.2, -0.15) is 0 Å². The fourth-order valence-corrected chi connectivity index (χ4v) is 3.30. The smallest absolute Gasteiger partial charge is 0.0139 e. The molecule has 0 aliphatic carbocycles. The summed E-state index contributed by atoms with van der Waals surface area (Å²) in [5, 5.41) is 0. The van der Waals surface area contributed by atoms with Gasteiger partial charge in [0, 0.05) is 0 Å². The Morgan fingerprint density at radius 3 is 2.07 bits per heavy atom. The lowest BCUT2D eigenvalue weighted by Crippen LogP contribution is -2.11. The Balaban J connectivity index is 4.06. The van der Waals surface area contributed by atoms with E-state index in [4.69, 9.17) is 0 Å². The zero-order chi connectivity index (χ0) is 21.6. The average Bonchev–Trinajstić information content (AvgIpc) is 2.60. The molecule has 0 aromatic heterocycles. The van der Waals surface area contributed by atoms with Crippen LogP contribution in [0.15, 0.2) is 47.1 Å². The molecule has 0 aromatic carbocycles. The predicted molar refractivity (Wildman–Crippen MR) is 131 cm³/mol. The van der Waals surface area contributed by atoms with Gasteiger partial charge in [0.25, 0.3) is 0 Å². The van der Waals surface area contributed by atoms with Gasteiger partial charge in [-0.25, -0.2) is 0 Å². The second kappa shape index (κ2) is 14.9. The summed E-state index contributed by atoms with van der Waals surface area (Å²) in [5.74, 6) is 0.776. The molecule has 0 N–H and O–H groups in total. The Kier molecular flexibility index (Phi) is 14.3. The van der Waals surface area contributed by atoms with E-state index in [0.29, 0.717) is 5.41 Å². The molecule has 0 aliphatic heterocycles. The van der Waals surface area contributed by atoms with Crippen molar-refractivity contribution in [2.24, 2.45) is 11.3 Å². The van der Waals surface area contributed by atoms with Crippen LogP contribution in [0.25, 0.3) is 0 Å². The Morgan fingerprint density at radius 1 is 0.821 bits per heavy atom. The molecule has 0 spiro atoms. The highest BCUT2D eigenvalue weighted by Gasteiger charge is 2.17. The van der Waals surface area contributed by atoms with Gasteiger partial charge in [0.15, 0.2) is 0 Å². The molecule has 0 atom stereocenters. The van der Waals surface area contributed by atoms with Gasteiger partial charge in [0.1, 0.15) is 0 Å². The molecule has 0 unspecified atom stereocenters. The average molecular weight is 387 g/mol. The maximum atomic E-state index is 4.33. The normalized spacial score (nSPS) is 13.2. The Labute approximate surface area is 178 Å². The minimum atomic E-state index is 0.431. The van der Waals surface area contributed by atoms with Gasteiger partial charge in [-0.15, -0.1) is 0 Å². The zero-order valence-corrected chi connectivity index (χ0v) is 20.6. The lowest BCUT2D eigenvalue weighted by Gasteiger charge is -2.25. The Bertz CT molecular complexity index is 518. The summed E-state index contributed by atoms with van der Waals surface area (Å²) in [6.07, 6.45) is 19.5. The fourth-order valence-electron chi connectivity index (χ4n) is 3.30. The van der Waals surface area contributed by atoms with E-state index >= 15 is 0 Å². The van der Waals surface area contributed by atoms with E-state index in [1.807, 2.05) is 0 Å². The van der Waals surface area contributed by atoms with Crippen LogP contribution < -0.4 is 0 Å². The summed E-state index contributed by atoms with van der Waals surface area (Å²) in [6.45, 7) is 22.7. The maximum Gasteiger partial charge on any atom is -0.0139 e. The molecule has 0 heterocycles. The van der Waals surface area contributed by atoms with Crippen LogP contribution in [0.1, 0.15) is 120 Å². The van der Waals surface area contributed by atoms with Gasteiger partial charge in [0.2, 0.25) is 0 Å². The van der Waals surface area contributed by atoms with Crippen LogP contribution in [0.3, 0.4) is 0 Å². The van der Waals surface area contributed by atoms with Crippen molar-refractivity contribution in [3.63, 3.8) is 0 Å². The molecule has 0 heteroatoms. The second-order valence-corrected chi connectivity index (χ2v) is 10.4. The van der Waals surface area contributed by atoms with Crippen LogP contribution >= 0.6 is 0 Å². The Hall–Kier alpha value is -1.04. The molecule has 0 nitrogen and oxygen atoms in total. The predicted octanol–water partition coefficient (Wildman–Crippen LogP) is 9.98. The first-order valence-electron chi connectivity index (χ1n) is 11.6. The fraction of sp³-hybridized carbons (Fsp3) is 0.714. The summed E-state index contributed by atoms with van der Waals surface area (Å²) in [6, 6.07) is 0. The highest BCUT2D eigenvalue weighted by molar-refractivity contribution is 5.09. The van der Waals surface area contributed by atoms with E-state index in [2.05, 4.69) is 80.2 Å². The second-order valence-electron chi connectivity index (χ2n) is 10.4. The van der Waals surface area contributed by atoms with E-state index in [9.17, 15) is 0 Å². The molecule has 0 amide bonds. The van der Waals surface area contributed by atoms with E-state index in [0.717, 1.165) is 25.2 Å². The molecule has 0 aromatic rings. The van der Waals surface area contributed by atoms with Crippen LogP contribution in [0.4, 0.5) is 0 Å². The molecule has 0 radical (unpaired) electrons. The largest absolute Gasteiger partial charge is 0.0995 e. The topological polar surface area (TPSA) is 0 Å². The molecule has 0 aliphatic rings. The van der Waals surface area contributed by atoms with Crippen LogP contribution in [0.2, 0.25) is 0 Å². The van der Waals surface area contributed by atoms with Crippen molar-refractivity contribution in [1.82, 2.24) is 0 Å².